The summed E-state index contributed by atoms with van der Waals surface area (Å²) in [6, 6.07) is 3.88. The summed E-state index contributed by atoms with van der Waals surface area (Å²) in [6.07, 6.45) is 1.46. The summed E-state index contributed by atoms with van der Waals surface area (Å²) < 4.78 is 0. The van der Waals surface area contributed by atoms with E-state index >= 15 is 0 Å². The zero-order valence-corrected chi connectivity index (χ0v) is 7.41. The van der Waals surface area contributed by atoms with Gasteiger partial charge >= 0.3 is 0 Å². The van der Waals surface area contributed by atoms with E-state index in [1.807, 2.05) is 19.1 Å². The van der Waals surface area contributed by atoms with Gasteiger partial charge in [0.25, 0.3) is 0 Å². The summed E-state index contributed by atoms with van der Waals surface area (Å²) in [7, 11) is 0. The lowest BCUT2D eigenvalue weighted by atomic mass is 10.3. The molecule has 1 rings (SSSR count). The number of hydrogen-bond donors (Lipinski definition) is 2. The lowest BCUT2D eigenvalue weighted by molar-refractivity contribution is 0.208. The van der Waals surface area contributed by atoms with Gasteiger partial charge in [-0.1, -0.05) is 6.07 Å². The second-order valence-electron chi connectivity index (χ2n) is 2.95. The fourth-order valence-electron chi connectivity index (χ4n) is 0.825. The lowest BCUT2D eigenvalue weighted by Gasteiger charge is -2.06. The molecule has 0 saturated carbocycles. The van der Waals surface area contributed by atoms with Crippen LogP contribution in [0.4, 0.5) is 5.82 Å². The second kappa shape index (κ2) is 4.07. The second-order valence-corrected chi connectivity index (χ2v) is 2.95. The highest BCUT2D eigenvalue weighted by Gasteiger charge is 1.95. The van der Waals surface area contributed by atoms with E-state index < -0.39 is 0 Å². The zero-order valence-electron chi connectivity index (χ0n) is 7.41. The summed E-state index contributed by atoms with van der Waals surface area (Å²) in [5.74, 6) is 0.807. The van der Waals surface area contributed by atoms with E-state index in [1.165, 1.54) is 0 Å². The number of anilines is 1. The van der Waals surface area contributed by atoms with Crippen molar-refractivity contribution in [1.82, 2.24) is 4.98 Å². The van der Waals surface area contributed by atoms with Gasteiger partial charge in [0.05, 0.1) is 6.10 Å². The molecule has 0 fully saturated rings. The van der Waals surface area contributed by atoms with E-state index in [9.17, 15) is 0 Å². The van der Waals surface area contributed by atoms with Gasteiger partial charge in [0.2, 0.25) is 0 Å². The van der Waals surface area contributed by atoms with Gasteiger partial charge in [-0.25, -0.2) is 4.98 Å². The van der Waals surface area contributed by atoms with Crippen LogP contribution in [0.5, 0.6) is 0 Å². The van der Waals surface area contributed by atoms with Crippen LogP contribution >= 0.6 is 0 Å². The van der Waals surface area contributed by atoms with Crippen molar-refractivity contribution in [1.29, 1.82) is 0 Å². The Morgan fingerprint density at radius 3 is 2.83 bits per heavy atom. The van der Waals surface area contributed by atoms with E-state index in [-0.39, 0.29) is 6.10 Å². The highest BCUT2D eigenvalue weighted by molar-refractivity contribution is 5.35. The van der Waals surface area contributed by atoms with Crippen LogP contribution in [0.25, 0.3) is 0 Å². The Balaban J connectivity index is 2.48. The molecule has 0 amide bonds. The van der Waals surface area contributed by atoms with Crippen molar-refractivity contribution in [3.05, 3.63) is 23.9 Å². The molecule has 0 radical (unpaired) electrons. The minimum absolute atomic E-state index is 0.340. The van der Waals surface area contributed by atoms with Gasteiger partial charge in [0.15, 0.2) is 0 Å². The van der Waals surface area contributed by atoms with Gasteiger partial charge in [-0.15, -0.1) is 0 Å². The molecular weight excluding hydrogens is 152 g/mol. The Bertz CT molecular complexity index is 231. The molecule has 0 unspecified atom stereocenters. The molecule has 0 bridgehead atoms. The average Bonchev–Trinajstić information content (AvgIpc) is 2.03. The molecular formula is C9H14N2O. The number of nitrogens with zero attached hydrogens (tertiary/aromatic N) is 1. The Hall–Kier alpha value is -1.09. The first-order valence-corrected chi connectivity index (χ1v) is 4.03. The maximum Gasteiger partial charge on any atom is 0.125 e. The van der Waals surface area contributed by atoms with Crippen molar-refractivity contribution in [3.8, 4) is 0 Å². The first-order valence-electron chi connectivity index (χ1n) is 4.03. The topological polar surface area (TPSA) is 45.1 Å². The molecule has 1 heterocycles. The summed E-state index contributed by atoms with van der Waals surface area (Å²) >= 11 is 0. The fourth-order valence-corrected chi connectivity index (χ4v) is 0.825. The molecule has 1 aromatic rings. The van der Waals surface area contributed by atoms with E-state index in [0.717, 1.165) is 11.4 Å². The molecule has 1 atom stereocenters. The number of nitrogens with one attached hydrogen (secondary N) is 1. The molecule has 0 saturated heterocycles. The van der Waals surface area contributed by atoms with Crippen molar-refractivity contribution >= 4 is 5.82 Å². The Labute approximate surface area is 72.5 Å². The molecule has 2 N–H and O–H groups in total. The van der Waals surface area contributed by atoms with Crippen LogP contribution in [-0.2, 0) is 0 Å². The van der Waals surface area contributed by atoms with Crippen LogP contribution in [0, 0.1) is 6.92 Å². The average molecular weight is 166 g/mol. The molecule has 0 aliphatic heterocycles. The minimum atomic E-state index is -0.340. The number of aliphatic hydroxyl groups is 1. The molecule has 3 heteroatoms. The molecule has 0 aliphatic carbocycles. The third-order valence-corrected chi connectivity index (χ3v) is 1.49. The third-order valence-electron chi connectivity index (χ3n) is 1.49. The predicted octanol–water partition coefficient (Wildman–Crippen LogP) is 1.18. The third kappa shape index (κ3) is 2.88. The van der Waals surface area contributed by atoms with Crippen molar-refractivity contribution < 1.29 is 5.11 Å². The number of aryl methyl sites for hydroxylation is 1. The molecule has 66 valence electrons. The van der Waals surface area contributed by atoms with Gasteiger partial charge in [-0.2, -0.15) is 0 Å². The summed E-state index contributed by atoms with van der Waals surface area (Å²) in [5, 5.41) is 12.0. The Kier molecular flexibility index (Phi) is 3.05. The van der Waals surface area contributed by atoms with Gasteiger partial charge in [-0.3, -0.25) is 0 Å². The highest BCUT2D eigenvalue weighted by atomic mass is 16.3. The summed E-state index contributed by atoms with van der Waals surface area (Å²) in [4.78, 5) is 4.13. The van der Waals surface area contributed by atoms with Crippen molar-refractivity contribution in [3.63, 3.8) is 0 Å². The largest absolute Gasteiger partial charge is 0.392 e. The number of aliphatic hydroxyl groups excluding tert-OH is 1. The molecule has 0 spiro atoms. The molecule has 12 heavy (non-hydrogen) atoms. The standard InChI is InChI=1S/C9H14N2O/c1-7-3-4-9(10-5-7)11-6-8(2)12/h3-5,8,12H,6H2,1-2H3,(H,10,11)/t8-/m1/s1. The van der Waals surface area contributed by atoms with Crippen LogP contribution in [0.1, 0.15) is 12.5 Å². The molecule has 3 nitrogen and oxygen atoms in total. The Morgan fingerprint density at radius 2 is 2.33 bits per heavy atom. The van der Waals surface area contributed by atoms with E-state index in [0.29, 0.717) is 6.54 Å². The zero-order chi connectivity index (χ0) is 8.97. The predicted molar refractivity (Wildman–Crippen MR) is 49.1 cm³/mol. The van der Waals surface area contributed by atoms with E-state index in [4.69, 9.17) is 5.11 Å². The fraction of sp³-hybridized carbons (Fsp3) is 0.444. The maximum atomic E-state index is 8.98. The number of hydrogen-bond acceptors (Lipinski definition) is 3. The van der Waals surface area contributed by atoms with Gasteiger partial charge in [0, 0.05) is 12.7 Å². The van der Waals surface area contributed by atoms with Gasteiger partial charge in [0.1, 0.15) is 5.82 Å². The van der Waals surface area contributed by atoms with Gasteiger partial charge in [-0.05, 0) is 25.5 Å². The van der Waals surface area contributed by atoms with Crippen molar-refractivity contribution in [2.24, 2.45) is 0 Å². The first-order chi connectivity index (χ1) is 5.68. The van der Waals surface area contributed by atoms with Gasteiger partial charge < -0.3 is 10.4 Å². The minimum Gasteiger partial charge on any atom is -0.392 e. The number of pyridine rings is 1. The highest BCUT2D eigenvalue weighted by Crippen LogP contribution is 2.03. The first kappa shape index (κ1) is 9.00. The van der Waals surface area contributed by atoms with Crippen molar-refractivity contribution in [2.45, 2.75) is 20.0 Å². The maximum absolute atomic E-state index is 8.98. The molecule has 0 aromatic carbocycles. The van der Waals surface area contributed by atoms with Crippen LogP contribution in [0.15, 0.2) is 18.3 Å². The van der Waals surface area contributed by atoms with Crippen LogP contribution < -0.4 is 5.32 Å². The summed E-state index contributed by atoms with van der Waals surface area (Å²) in [5.41, 5.74) is 1.14. The monoisotopic (exact) mass is 166 g/mol. The van der Waals surface area contributed by atoms with Crippen LogP contribution in [0.2, 0.25) is 0 Å². The Morgan fingerprint density at radius 1 is 1.58 bits per heavy atom. The smallest absolute Gasteiger partial charge is 0.125 e. The molecule has 1 aromatic heterocycles. The SMILES string of the molecule is Cc1ccc(NC[C@@H](C)O)nc1. The normalized spacial score (nSPS) is 12.6. The summed E-state index contributed by atoms with van der Waals surface area (Å²) in [6.45, 7) is 4.27. The van der Waals surface area contributed by atoms with E-state index in [2.05, 4.69) is 10.3 Å². The van der Waals surface area contributed by atoms with E-state index in [1.54, 1.807) is 13.1 Å². The van der Waals surface area contributed by atoms with Crippen LogP contribution in [0.3, 0.4) is 0 Å². The lowest BCUT2D eigenvalue weighted by Crippen LogP contribution is -2.15. The van der Waals surface area contributed by atoms with Crippen LogP contribution in [-0.4, -0.2) is 22.7 Å². The van der Waals surface area contributed by atoms with Crippen molar-refractivity contribution in [2.75, 3.05) is 11.9 Å². The molecule has 0 aliphatic rings. The number of aromatic nitrogens is 1. The quantitative estimate of drug-likeness (QED) is 0.708. The number of rotatable bonds is 3.